The Kier molecular flexibility index (Phi) is 2.11. The zero-order valence-corrected chi connectivity index (χ0v) is 6.70. The van der Waals surface area contributed by atoms with Gasteiger partial charge < -0.3 is 9.84 Å². The van der Waals surface area contributed by atoms with E-state index in [9.17, 15) is 0 Å². The molecule has 2 aliphatic rings. The molecule has 0 aromatic carbocycles. The summed E-state index contributed by atoms with van der Waals surface area (Å²) < 4.78 is 5.14. The van der Waals surface area contributed by atoms with E-state index in [2.05, 4.69) is 4.90 Å². The molecule has 11 heavy (non-hydrogen) atoms. The van der Waals surface area contributed by atoms with E-state index in [4.69, 9.17) is 9.84 Å². The van der Waals surface area contributed by atoms with E-state index in [1.165, 1.54) is 6.42 Å². The van der Waals surface area contributed by atoms with E-state index in [0.29, 0.717) is 18.8 Å². The molecule has 0 saturated carbocycles. The Labute approximate surface area is 66.9 Å². The number of epoxide rings is 1. The van der Waals surface area contributed by atoms with E-state index >= 15 is 0 Å². The number of nitrogens with zero attached hydrogens (tertiary/aromatic N) is 1. The molecule has 0 amide bonds. The molecule has 2 heterocycles. The summed E-state index contributed by atoms with van der Waals surface area (Å²) in [6.45, 7) is 3.41. The second-order valence-corrected chi connectivity index (χ2v) is 3.43. The van der Waals surface area contributed by atoms with Gasteiger partial charge in [-0.2, -0.15) is 0 Å². The molecule has 2 rings (SSSR count). The van der Waals surface area contributed by atoms with Gasteiger partial charge in [-0.25, -0.2) is 0 Å². The van der Waals surface area contributed by atoms with Crippen molar-refractivity contribution in [2.24, 2.45) is 0 Å². The number of aliphatic hydroxyl groups excluding tert-OH is 1. The molecule has 0 bridgehead atoms. The summed E-state index contributed by atoms with van der Waals surface area (Å²) >= 11 is 0. The minimum atomic E-state index is 0.312. The third kappa shape index (κ3) is 1.72. The average Bonchev–Trinajstić information content (AvgIpc) is 2.68. The van der Waals surface area contributed by atoms with Crippen molar-refractivity contribution in [2.45, 2.75) is 25.0 Å². The maximum absolute atomic E-state index is 8.99. The molecule has 0 radical (unpaired) electrons. The second kappa shape index (κ2) is 3.09. The van der Waals surface area contributed by atoms with Crippen molar-refractivity contribution >= 4 is 0 Å². The summed E-state index contributed by atoms with van der Waals surface area (Å²) in [5.74, 6) is 0. The van der Waals surface area contributed by atoms with E-state index in [0.717, 1.165) is 26.1 Å². The summed E-state index contributed by atoms with van der Waals surface area (Å²) in [6.07, 6.45) is 2.86. The molecule has 3 nitrogen and oxygen atoms in total. The van der Waals surface area contributed by atoms with Crippen LogP contribution in [0.2, 0.25) is 0 Å². The Bertz CT molecular complexity index is 136. The molecule has 0 aliphatic carbocycles. The maximum Gasteiger partial charge on any atom is 0.0936 e. The zero-order chi connectivity index (χ0) is 7.68. The average molecular weight is 157 g/mol. The number of hydrogen-bond donors (Lipinski definition) is 1. The fourth-order valence-electron chi connectivity index (χ4n) is 1.78. The van der Waals surface area contributed by atoms with E-state index < -0.39 is 0 Å². The molecule has 0 aromatic heterocycles. The van der Waals surface area contributed by atoms with Crippen molar-refractivity contribution in [3.05, 3.63) is 0 Å². The molecule has 0 spiro atoms. The highest BCUT2D eigenvalue weighted by Crippen LogP contribution is 2.20. The van der Waals surface area contributed by atoms with Crippen LogP contribution in [-0.4, -0.2) is 48.5 Å². The van der Waals surface area contributed by atoms with Gasteiger partial charge >= 0.3 is 0 Å². The third-order valence-electron chi connectivity index (χ3n) is 2.55. The number of aliphatic hydroxyl groups is 1. The standard InChI is InChI=1S/C8H15NO2/c10-5-7-2-1-3-9(7)4-8-6-11-8/h7-8,10H,1-6H2/t7?,8-/m1/s1. The monoisotopic (exact) mass is 157 g/mol. The van der Waals surface area contributed by atoms with Crippen molar-refractivity contribution < 1.29 is 9.84 Å². The van der Waals surface area contributed by atoms with E-state index in [-0.39, 0.29) is 0 Å². The van der Waals surface area contributed by atoms with Gasteiger partial charge in [-0.1, -0.05) is 0 Å². The van der Waals surface area contributed by atoms with E-state index in [1.807, 2.05) is 0 Å². The smallest absolute Gasteiger partial charge is 0.0936 e. The first-order valence-electron chi connectivity index (χ1n) is 4.36. The largest absolute Gasteiger partial charge is 0.395 e. The molecule has 2 atom stereocenters. The molecular formula is C8H15NO2. The highest BCUT2D eigenvalue weighted by Gasteiger charge is 2.31. The van der Waals surface area contributed by atoms with Crippen LogP contribution in [0.3, 0.4) is 0 Å². The Morgan fingerprint density at radius 2 is 2.36 bits per heavy atom. The second-order valence-electron chi connectivity index (χ2n) is 3.43. The van der Waals surface area contributed by atoms with E-state index in [1.54, 1.807) is 0 Å². The summed E-state index contributed by atoms with van der Waals surface area (Å²) in [4.78, 5) is 2.34. The molecule has 1 N–H and O–H groups in total. The molecule has 2 aliphatic heterocycles. The fraction of sp³-hybridized carbons (Fsp3) is 1.00. The first-order valence-corrected chi connectivity index (χ1v) is 4.36. The van der Waals surface area contributed by atoms with Crippen LogP contribution < -0.4 is 0 Å². The molecular weight excluding hydrogens is 142 g/mol. The molecule has 1 unspecified atom stereocenters. The van der Waals surface area contributed by atoms with Gasteiger partial charge in [-0.15, -0.1) is 0 Å². The van der Waals surface area contributed by atoms with Crippen LogP contribution in [0.15, 0.2) is 0 Å². The lowest BCUT2D eigenvalue weighted by Crippen LogP contribution is -2.35. The van der Waals surface area contributed by atoms with Crippen LogP contribution in [0.4, 0.5) is 0 Å². The van der Waals surface area contributed by atoms with Gasteiger partial charge in [0.2, 0.25) is 0 Å². The van der Waals surface area contributed by atoms with Crippen LogP contribution >= 0.6 is 0 Å². The first kappa shape index (κ1) is 7.53. The van der Waals surface area contributed by atoms with Crippen LogP contribution in [0.25, 0.3) is 0 Å². The van der Waals surface area contributed by atoms with Crippen LogP contribution in [0, 0.1) is 0 Å². The predicted molar refractivity (Wildman–Crippen MR) is 41.4 cm³/mol. The van der Waals surface area contributed by atoms with Gasteiger partial charge in [-0.05, 0) is 19.4 Å². The van der Waals surface area contributed by atoms with Crippen LogP contribution in [-0.2, 0) is 4.74 Å². The summed E-state index contributed by atoms with van der Waals surface area (Å²) in [6, 6.07) is 0.416. The highest BCUT2D eigenvalue weighted by atomic mass is 16.6. The van der Waals surface area contributed by atoms with Gasteiger partial charge in [0.15, 0.2) is 0 Å². The summed E-state index contributed by atoms with van der Waals surface area (Å²) in [5.41, 5.74) is 0. The number of rotatable bonds is 3. The van der Waals surface area contributed by atoms with Gasteiger partial charge in [0.05, 0.1) is 19.3 Å². The minimum absolute atomic E-state index is 0.312. The Morgan fingerprint density at radius 3 is 3.00 bits per heavy atom. The maximum atomic E-state index is 8.99. The van der Waals surface area contributed by atoms with Gasteiger partial charge in [-0.3, -0.25) is 4.90 Å². The van der Waals surface area contributed by atoms with Crippen molar-refractivity contribution in [2.75, 3.05) is 26.3 Å². The SMILES string of the molecule is OCC1CCCN1C[C@@H]1CO1. The van der Waals surface area contributed by atoms with Crippen molar-refractivity contribution in [1.82, 2.24) is 4.90 Å². The van der Waals surface area contributed by atoms with Crippen molar-refractivity contribution in [3.8, 4) is 0 Å². The first-order chi connectivity index (χ1) is 5.40. The minimum Gasteiger partial charge on any atom is -0.395 e. The van der Waals surface area contributed by atoms with Crippen molar-refractivity contribution in [3.63, 3.8) is 0 Å². The van der Waals surface area contributed by atoms with Gasteiger partial charge in [0, 0.05) is 12.6 Å². The predicted octanol–water partition coefficient (Wildman–Crippen LogP) is -0.158. The molecule has 2 saturated heterocycles. The molecule has 0 aromatic rings. The normalized spacial score (nSPS) is 37.9. The van der Waals surface area contributed by atoms with Gasteiger partial charge in [0.25, 0.3) is 0 Å². The number of ether oxygens (including phenoxy) is 1. The topological polar surface area (TPSA) is 36.0 Å². The Morgan fingerprint density at radius 1 is 1.55 bits per heavy atom. The molecule has 64 valence electrons. The van der Waals surface area contributed by atoms with Gasteiger partial charge in [0.1, 0.15) is 0 Å². The number of hydrogen-bond acceptors (Lipinski definition) is 3. The summed E-state index contributed by atoms with van der Waals surface area (Å²) in [5, 5.41) is 8.99. The third-order valence-corrected chi connectivity index (χ3v) is 2.55. The lowest BCUT2D eigenvalue weighted by atomic mass is 10.2. The lowest BCUT2D eigenvalue weighted by Gasteiger charge is -2.21. The Hall–Kier alpha value is -0.120. The highest BCUT2D eigenvalue weighted by molar-refractivity contribution is 4.83. The molecule has 3 heteroatoms. The quantitative estimate of drug-likeness (QED) is 0.578. The van der Waals surface area contributed by atoms with Crippen LogP contribution in [0.1, 0.15) is 12.8 Å². The molecule has 2 fully saturated rings. The Balaban J connectivity index is 1.79. The summed E-state index contributed by atoms with van der Waals surface area (Å²) in [7, 11) is 0. The lowest BCUT2D eigenvalue weighted by molar-refractivity contribution is 0.150. The number of likely N-dealkylation sites (tertiary alicyclic amines) is 1. The fourth-order valence-corrected chi connectivity index (χ4v) is 1.78. The zero-order valence-electron chi connectivity index (χ0n) is 6.70. The van der Waals surface area contributed by atoms with Crippen molar-refractivity contribution in [1.29, 1.82) is 0 Å². The van der Waals surface area contributed by atoms with Crippen LogP contribution in [0.5, 0.6) is 0 Å².